The lowest BCUT2D eigenvalue weighted by Gasteiger charge is -2.33. The first-order chi connectivity index (χ1) is 22.5. The van der Waals surface area contributed by atoms with Gasteiger partial charge in [-0.15, -0.1) is 0 Å². The number of amides is 1. The summed E-state index contributed by atoms with van der Waals surface area (Å²) in [5.41, 5.74) is 5.37. The number of hydrogen-bond acceptors (Lipinski definition) is 7. The number of nitrogens with zero attached hydrogens (tertiary/aromatic N) is 3. The van der Waals surface area contributed by atoms with E-state index in [0.717, 1.165) is 24.1 Å². The zero-order valence-electron chi connectivity index (χ0n) is 26.7. The molecule has 2 aliphatic rings. The summed E-state index contributed by atoms with van der Waals surface area (Å²) in [4.78, 5) is 22.9. The monoisotopic (exact) mass is 677 g/mol. The lowest BCUT2D eigenvalue weighted by atomic mass is 9.93. The number of hydrogen-bond donors (Lipinski definition) is 3. The van der Waals surface area contributed by atoms with E-state index in [2.05, 4.69) is 20.5 Å². The highest BCUT2D eigenvalue weighted by Crippen LogP contribution is 2.42. The van der Waals surface area contributed by atoms with E-state index in [9.17, 15) is 9.90 Å². The van der Waals surface area contributed by atoms with Crippen LogP contribution in [0.15, 0.2) is 54.7 Å². The second-order valence-electron chi connectivity index (χ2n) is 12.9. The van der Waals surface area contributed by atoms with E-state index in [1.165, 1.54) is 6.07 Å². The van der Waals surface area contributed by atoms with Crippen LogP contribution in [0.4, 0.5) is 4.39 Å². The molecule has 0 bridgehead atoms. The summed E-state index contributed by atoms with van der Waals surface area (Å²) in [7, 11) is 1.58. The Morgan fingerprint density at radius 2 is 1.89 bits per heavy atom. The molecule has 2 aromatic heterocycles. The van der Waals surface area contributed by atoms with Crippen LogP contribution in [0, 0.1) is 5.82 Å². The normalized spacial score (nSPS) is 16.7. The van der Waals surface area contributed by atoms with Crippen LogP contribution in [0.2, 0.25) is 10.0 Å². The third-order valence-corrected chi connectivity index (χ3v) is 9.42. The van der Waals surface area contributed by atoms with Crippen LogP contribution in [-0.2, 0) is 24.3 Å². The van der Waals surface area contributed by atoms with Crippen LogP contribution in [0.5, 0.6) is 5.88 Å². The second kappa shape index (κ2) is 13.9. The fourth-order valence-electron chi connectivity index (χ4n) is 6.43. The quantitative estimate of drug-likeness (QED) is 0.178. The number of nitrogens with one attached hydrogen (secondary N) is 2. The minimum Gasteiger partial charge on any atom is -0.481 e. The number of carbonyl (C=O) groups excluding carboxylic acids is 1. The van der Waals surface area contributed by atoms with E-state index in [1.54, 1.807) is 33.2 Å². The molecule has 1 amide bonds. The lowest BCUT2D eigenvalue weighted by molar-refractivity contribution is -0.119. The molecule has 47 heavy (non-hydrogen) atoms. The molecule has 1 fully saturated rings. The molecule has 0 aliphatic carbocycles. The number of fused-ring (bicyclic) bond motifs is 1. The van der Waals surface area contributed by atoms with Gasteiger partial charge in [-0.2, -0.15) is 0 Å². The topological polar surface area (TPSA) is 99.6 Å². The van der Waals surface area contributed by atoms with Crippen LogP contribution in [0.3, 0.4) is 0 Å². The summed E-state index contributed by atoms with van der Waals surface area (Å²) in [5, 5.41) is 17.4. The Balaban J connectivity index is 1.25. The third-order valence-electron chi connectivity index (χ3n) is 8.63. The zero-order valence-corrected chi connectivity index (χ0v) is 28.2. The van der Waals surface area contributed by atoms with Gasteiger partial charge in [0.1, 0.15) is 5.82 Å². The van der Waals surface area contributed by atoms with Gasteiger partial charge in [0.15, 0.2) is 0 Å². The van der Waals surface area contributed by atoms with Gasteiger partial charge in [0, 0.05) is 84.8 Å². The van der Waals surface area contributed by atoms with Gasteiger partial charge in [0.05, 0.1) is 34.1 Å². The van der Waals surface area contributed by atoms with Crippen LogP contribution >= 0.6 is 23.2 Å². The van der Waals surface area contributed by atoms with Crippen molar-refractivity contribution in [3.05, 3.63) is 87.3 Å². The molecular formula is C36H38Cl2FN5O3. The van der Waals surface area contributed by atoms with Crippen molar-refractivity contribution in [1.82, 2.24) is 25.5 Å². The standard InChI is InChI=1S/C36H38Cl2FN5O3/c1-36(2,46)20-44-14-12-21-15-23(16-29(39)28(21)19-44)34-33(38)26(11-13-41-34)25-5-4-6-27(32(25)37)30-9-7-22(35(43-30)47-3)17-40-18-24-8-10-31(45)42-24/h4-7,9,11,13,15-16,24,40,46H,8,10,12,14,17-20H2,1-3H3,(H,42,45). The van der Waals surface area contributed by atoms with Crippen molar-refractivity contribution >= 4 is 29.1 Å². The minimum atomic E-state index is -0.857. The minimum absolute atomic E-state index is 0.0904. The third kappa shape index (κ3) is 7.45. The number of rotatable bonds is 10. The Hall–Kier alpha value is -3.60. The fourth-order valence-corrected chi connectivity index (χ4v) is 7.07. The maximum atomic E-state index is 15.5. The molecule has 11 heteroatoms. The van der Waals surface area contributed by atoms with Gasteiger partial charge in [-0.1, -0.05) is 47.5 Å². The van der Waals surface area contributed by atoms with Crippen molar-refractivity contribution in [3.8, 4) is 39.5 Å². The van der Waals surface area contributed by atoms with Crippen LogP contribution < -0.4 is 15.4 Å². The first kappa shape index (κ1) is 33.3. The first-order valence-electron chi connectivity index (χ1n) is 15.7. The molecule has 6 rings (SSSR count). The second-order valence-corrected chi connectivity index (χ2v) is 13.6. The average molecular weight is 679 g/mol. The zero-order chi connectivity index (χ0) is 33.3. The highest BCUT2D eigenvalue weighted by atomic mass is 35.5. The summed E-state index contributed by atoms with van der Waals surface area (Å²) in [6.07, 6.45) is 3.70. The highest BCUT2D eigenvalue weighted by molar-refractivity contribution is 6.39. The maximum absolute atomic E-state index is 15.5. The molecule has 1 saturated heterocycles. The van der Waals surface area contributed by atoms with Gasteiger partial charge in [-0.3, -0.25) is 14.7 Å². The predicted molar refractivity (Wildman–Crippen MR) is 183 cm³/mol. The number of benzene rings is 2. The Morgan fingerprint density at radius 1 is 1.11 bits per heavy atom. The number of β-amino-alcohol motifs (C(OH)–C–C–N with tert-alkyl or cyclic N) is 1. The number of carbonyl (C=O) groups is 1. The predicted octanol–water partition coefficient (Wildman–Crippen LogP) is 6.43. The molecule has 0 radical (unpaired) electrons. The van der Waals surface area contributed by atoms with Crippen LogP contribution in [-0.4, -0.2) is 64.3 Å². The maximum Gasteiger partial charge on any atom is 0.220 e. The Morgan fingerprint density at radius 3 is 2.64 bits per heavy atom. The van der Waals surface area contributed by atoms with E-state index in [4.69, 9.17) is 32.9 Å². The first-order valence-corrected chi connectivity index (χ1v) is 16.5. The Labute approximate surface area is 284 Å². The van der Waals surface area contributed by atoms with E-state index >= 15 is 4.39 Å². The fraction of sp³-hybridized carbons (Fsp3) is 0.361. The largest absolute Gasteiger partial charge is 0.481 e. The summed E-state index contributed by atoms with van der Waals surface area (Å²) in [5.74, 6) is 0.256. The van der Waals surface area contributed by atoms with Gasteiger partial charge in [0.2, 0.25) is 11.8 Å². The number of halogens is 3. The van der Waals surface area contributed by atoms with Crippen molar-refractivity contribution in [2.45, 2.75) is 57.8 Å². The van der Waals surface area contributed by atoms with Gasteiger partial charge in [-0.25, -0.2) is 9.37 Å². The Kier molecular flexibility index (Phi) is 9.82. The highest BCUT2D eigenvalue weighted by Gasteiger charge is 2.26. The van der Waals surface area contributed by atoms with E-state index < -0.39 is 5.60 Å². The molecule has 246 valence electrons. The molecule has 1 unspecified atom stereocenters. The molecular weight excluding hydrogens is 640 g/mol. The number of ether oxygens (including phenoxy) is 1. The van der Waals surface area contributed by atoms with Crippen molar-refractivity contribution in [3.63, 3.8) is 0 Å². The number of aromatic nitrogens is 2. The number of pyridine rings is 2. The van der Waals surface area contributed by atoms with Crippen molar-refractivity contribution in [1.29, 1.82) is 0 Å². The smallest absolute Gasteiger partial charge is 0.220 e. The van der Waals surface area contributed by atoms with Gasteiger partial charge in [0.25, 0.3) is 0 Å². The molecule has 0 spiro atoms. The molecule has 4 aromatic rings. The van der Waals surface area contributed by atoms with E-state index in [1.807, 2.05) is 36.4 Å². The van der Waals surface area contributed by atoms with Crippen molar-refractivity contribution < 1.29 is 19.0 Å². The van der Waals surface area contributed by atoms with Gasteiger partial charge >= 0.3 is 0 Å². The molecule has 4 heterocycles. The summed E-state index contributed by atoms with van der Waals surface area (Å²) in [6.45, 7) is 6.34. The molecule has 3 N–H and O–H groups in total. The van der Waals surface area contributed by atoms with Gasteiger partial charge in [-0.05, 0) is 56.5 Å². The Bertz CT molecular complexity index is 1810. The molecule has 2 aliphatic heterocycles. The molecule has 2 aromatic carbocycles. The van der Waals surface area contributed by atoms with Crippen LogP contribution in [0.1, 0.15) is 43.4 Å². The molecule has 8 nitrogen and oxygen atoms in total. The summed E-state index contributed by atoms with van der Waals surface area (Å²) >= 11 is 14.0. The molecule has 0 saturated carbocycles. The van der Waals surface area contributed by atoms with Crippen molar-refractivity contribution in [2.24, 2.45) is 0 Å². The number of aliphatic hydroxyl groups is 1. The number of methoxy groups -OCH3 is 1. The van der Waals surface area contributed by atoms with Crippen molar-refractivity contribution in [2.75, 3.05) is 26.7 Å². The summed E-state index contributed by atoms with van der Waals surface area (Å²) < 4.78 is 21.1. The average Bonchev–Trinajstić information content (AvgIpc) is 3.45. The van der Waals surface area contributed by atoms with E-state index in [-0.39, 0.29) is 17.8 Å². The van der Waals surface area contributed by atoms with E-state index in [0.29, 0.717) is 94.2 Å². The SMILES string of the molecule is COc1nc(-c2cccc(-c3ccnc(-c4cc(F)c5c(c4)CCN(CC(C)(C)O)C5)c3Cl)c2Cl)ccc1CNCC1CCC(=O)N1. The lowest BCUT2D eigenvalue weighted by Crippen LogP contribution is -2.41. The van der Waals surface area contributed by atoms with Gasteiger partial charge < -0.3 is 20.5 Å². The summed E-state index contributed by atoms with van der Waals surface area (Å²) in [6, 6.07) is 14.9. The van der Waals surface area contributed by atoms with Crippen LogP contribution in [0.25, 0.3) is 33.6 Å². The molecule has 1 atom stereocenters.